The van der Waals surface area contributed by atoms with Gasteiger partial charge in [-0.1, -0.05) is 32.9 Å². The molecule has 0 aliphatic heterocycles. The molecule has 0 aromatic rings. The molecular formula is C52H82BO24. The third kappa shape index (κ3) is 44.7. The number of hydrogen-bond acceptors (Lipinski definition) is 24. The monoisotopic (exact) mass is 1100 g/mol. The molecule has 0 bridgehead atoms. The molecule has 0 aromatic carbocycles. The normalized spacial score (nSPS) is 11.2. The van der Waals surface area contributed by atoms with Gasteiger partial charge in [-0.3, -0.25) is 0 Å². The van der Waals surface area contributed by atoms with Gasteiger partial charge in [-0.25, -0.2) is 24.0 Å². The van der Waals surface area contributed by atoms with Crippen LogP contribution in [0.2, 0.25) is 0 Å². The first-order chi connectivity index (χ1) is 37.4. The first-order valence-electron chi connectivity index (χ1n) is 24.8. The third-order valence-corrected chi connectivity index (χ3v) is 9.39. The molecule has 0 spiro atoms. The Bertz CT molecular complexity index is 1350. The first kappa shape index (κ1) is 72.0. The summed E-state index contributed by atoms with van der Waals surface area (Å²) in [6.07, 6.45) is 6.67. The molecule has 0 saturated heterocycles. The van der Waals surface area contributed by atoms with Crippen LogP contribution in [0.1, 0.15) is 0 Å². The van der Waals surface area contributed by atoms with E-state index in [0.717, 1.165) is 30.4 Å². The Morgan fingerprint density at radius 1 is 0.247 bits per heavy atom. The van der Waals surface area contributed by atoms with Crippen molar-refractivity contribution in [2.75, 3.05) is 211 Å². The first-order valence-corrected chi connectivity index (χ1v) is 24.8. The van der Waals surface area contributed by atoms with Gasteiger partial charge in [-0.15, -0.1) is 0 Å². The van der Waals surface area contributed by atoms with Crippen molar-refractivity contribution in [3.05, 3.63) is 75.9 Å². The Morgan fingerprint density at radius 2 is 0.416 bits per heavy atom. The van der Waals surface area contributed by atoms with Crippen molar-refractivity contribution >= 4 is 43.0 Å². The van der Waals surface area contributed by atoms with Crippen molar-refractivity contribution in [2.24, 2.45) is 10.8 Å². The van der Waals surface area contributed by atoms with Gasteiger partial charge in [0.1, 0.15) is 33.0 Å². The fraction of sp³-hybridized carbons (Fsp3) is 0.654. The molecule has 0 aliphatic rings. The molecule has 0 unspecified atom stereocenters. The van der Waals surface area contributed by atoms with Crippen LogP contribution in [-0.4, -0.2) is 254 Å². The minimum Gasteiger partial charge on any atom is -0.460 e. The molecule has 0 rings (SSSR count). The maximum atomic E-state index is 11.4. The van der Waals surface area contributed by atoms with Crippen molar-refractivity contribution < 1.29 is 114 Å². The van der Waals surface area contributed by atoms with Gasteiger partial charge in [-0.05, 0) is 0 Å². The van der Waals surface area contributed by atoms with Gasteiger partial charge in [0, 0.05) is 30.4 Å². The van der Waals surface area contributed by atoms with Crippen molar-refractivity contribution in [1.82, 2.24) is 0 Å². The standard InChI is InChI=1S/C52H82BO24/c1-7-45(53)72-31-25-59-13-19-65-37-51(38-66-20-14-60-26-32-73-46(54)8-2,39-67-21-15-61-27-33-74-47(55)9-3)43-71-44-52(40-68-22-16-62-28-34-75-48(56)10-4,41-69-23-17-63-29-35-76-49(57)11-5)42-70-24-18-64-30-36-77-50(58)12-6/h7-12H,1-6,13-44H2. The summed E-state index contributed by atoms with van der Waals surface area (Å²) in [4.78, 5) is 57.2. The Labute approximate surface area is 454 Å². The molecule has 0 heterocycles. The number of carbonyl (C=O) groups excluding carboxylic acids is 5. The molecule has 0 aromatic heterocycles. The number of hydrogen-bond donors (Lipinski definition) is 0. The van der Waals surface area contributed by atoms with E-state index in [2.05, 4.69) is 39.5 Å². The van der Waals surface area contributed by atoms with E-state index < -0.39 is 40.7 Å². The molecule has 1 radical (unpaired) electrons. The van der Waals surface area contributed by atoms with Crippen LogP contribution in [-0.2, 0) is 114 Å². The van der Waals surface area contributed by atoms with Gasteiger partial charge >= 0.3 is 142 Å². The van der Waals surface area contributed by atoms with Crippen LogP contribution >= 0.6 is 0 Å². The van der Waals surface area contributed by atoms with Gasteiger partial charge in [-0.2, -0.15) is 0 Å². The molecule has 77 heavy (non-hydrogen) atoms. The number of esters is 5. The van der Waals surface area contributed by atoms with Crippen LogP contribution in [0.15, 0.2) is 75.9 Å². The predicted octanol–water partition coefficient (Wildman–Crippen LogP) is 1.32. The molecule has 0 saturated carbocycles. The summed E-state index contributed by atoms with van der Waals surface area (Å²) in [7, 11) is 5.65. The van der Waals surface area contributed by atoms with Crippen molar-refractivity contribution in [1.29, 1.82) is 0 Å². The molecule has 0 fully saturated rings. The van der Waals surface area contributed by atoms with Crippen LogP contribution < -0.4 is 0 Å². The van der Waals surface area contributed by atoms with Crippen LogP contribution in [0.4, 0.5) is 0 Å². The summed E-state index contributed by atoms with van der Waals surface area (Å²) in [6, 6.07) is 0. The van der Waals surface area contributed by atoms with E-state index in [4.69, 9.17) is 97.5 Å². The molecule has 0 aliphatic carbocycles. The Kier molecular flexibility index (Phi) is 48.4. The minimum atomic E-state index is -0.999. The minimum absolute atomic E-state index is 0.0115. The topological polar surface area (TPSA) is 261 Å². The number of rotatable bonds is 59. The SMILES string of the molecule is [B]=C(C=C)OCCOCCOCC(COCCOCCOC(=O)C=C)(COCCOCCOC(=O)C=C)COCC(COCCOCCOC(=O)C=C)(COCCOCCOC(=O)C=C)COCCOCCOC(=O)C=C. The van der Waals surface area contributed by atoms with Crippen molar-refractivity contribution in [3.63, 3.8) is 0 Å². The molecule has 0 atom stereocenters. The average molecular weight is 1100 g/mol. The predicted molar refractivity (Wildman–Crippen MR) is 278 cm³/mol. The van der Waals surface area contributed by atoms with Gasteiger partial charge in [0.25, 0.3) is 0 Å². The van der Waals surface area contributed by atoms with E-state index in [0.29, 0.717) is 0 Å². The fourth-order valence-electron chi connectivity index (χ4n) is 5.61. The zero-order valence-electron chi connectivity index (χ0n) is 44.7. The molecule has 0 amide bonds. The molecular weight excluding hydrogens is 1020 g/mol. The van der Waals surface area contributed by atoms with Gasteiger partial charge < -0.3 is 61.6 Å². The summed E-state index contributed by atoms with van der Waals surface area (Å²) in [5.41, 5.74) is -1.81. The zero-order valence-corrected chi connectivity index (χ0v) is 44.7. The molecule has 25 heteroatoms. The van der Waals surface area contributed by atoms with Gasteiger partial charge in [0.05, 0.1) is 131 Å². The second kappa shape index (κ2) is 51.7. The quantitative estimate of drug-likeness (QED) is 0.0273. The molecule has 0 N–H and O–H groups in total. The Hall–Kier alpha value is -5.00. The van der Waals surface area contributed by atoms with E-state index in [9.17, 15) is 24.0 Å². The summed E-state index contributed by atoms with van der Waals surface area (Å²) in [5, 5.41) is 0. The van der Waals surface area contributed by atoms with E-state index in [1.165, 1.54) is 6.08 Å². The zero-order chi connectivity index (χ0) is 56.8. The van der Waals surface area contributed by atoms with Crippen LogP contribution in [0, 0.1) is 10.8 Å². The summed E-state index contributed by atoms with van der Waals surface area (Å²) in [6.45, 7) is 23.6. The van der Waals surface area contributed by atoms with E-state index >= 15 is 0 Å². The van der Waals surface area contributed by atoms with Gasteiger partial charge in [0.15, 0.2) is 0 Å². The maximum absolute atomic E-state index is 11.4. The third-order valence-electron chi connectivity index (χ3n) is 9.39. The van der Waals surface area contributed by atoms with Crippen molar-refractivity contribution in [2.45, 2.75) is 0 Å². The smallest absolute Gasteiger partial charge is 0.460 e. The molecule has 24 nitrogen and oxygen atoms in total. The van der Waals surface area contributed by atoms with Crippen molar-refractivity contribution in [3.8, 4) is 0 Å². The Balaban J connectivity index is 6.56. The number of carbonyl (C=O) groups is 5. The van der Waals surface area contributed by atoms with Crippen LogP contribution in [0.25, 0.3) is 0 Å². The second-order valence-corrected chi connectivity index (χ2v) is 15.8. The summed E-state index contributed by atoms with van der Waals surface area (Å²) < 4.78 is 108. The summed E-state index contributed by atoms with van der Waals surface area (Å²) >= 11 is 0. The van der Waals surface area contributed by atoms with E-state index in [-0.39, 0.29) is 217 Å². The Morgan fingerprint density at radius 3 is 0.610 bits per heavy atom. The molecule has 437 valence electrons. The van der Waals surface area contributed by atoms with Crippen LogP contribution in [0.3, 0.4) is 0 Å². The fourth-order valence-corrected chi connectivity index (χ4v) is 5.61. The average Bonchev–Trinajstić information content (AvgIpc) is 3.44. The van der Waals surface area contributed by atoms with E-state index in [1.807, 2.05) is 0 Å². The summed E-state index contributed by atoms with van der Waals surface area (Å²) in [5.74, 6) is -2.86. The number of ether oxygens (including phenoxy) is 19. The second-order valence-electron chi connectivity index (χ2n) is 15.8. The van der Waals surface area contributed by atoms with Gasteiger partial charge in [0.2, 0.25) is 0 Å². The van der Waals surface area contributed by atoms with E-state index in [1.54, 1.807) is 0 Å². The van der Waals surface area contributed by atoms with Crippen LogP contribution in [0.5, 0.6) is 0 Å².